The number of nitrogens with zero attached hydrogens (tertiary/aromatic N) is 2. The molecule has 1 aromatic carbocycles. The van der Waals surface area contributed by atoms with Gasteiger partial charge in [0.25, 0.3) is 0 Å². The summed E-state index contributed by atoms with van der Waals surface area (Å²) in [5.41, 5.74) is 1.22. The van der Waals surface area contributed by atoms with Crippen LogP contribution in [-0.2, 0) is 10.3 Å². The average Bonchev–Trinajstić information content (AvgIpc) is 2.48. The molecule has 1 aromatic rings. The van der Waals surface area contributed by atoms with Crippen molar-refractivity contribution >= 4 is 0 Å². The van der Waals surface area contributed by atoms with Crippen LogP contribution in [0.15, 0.2) is 30.3 Å². The third kappa shape index (κ3) is 4.55. The van der Waals surface area contributed by atoms with Crippen LogP contribution in [0.25, 0.3) is 0 Å². The van der Waals surface area contributed by atoms with Gasteiger partial charge in [-0.15, -0.1) is 0 Å². The van der Waals surface area contributed by atoms with Crippen molar-refractivity contribution in [3.8, 4) is 0 Å². The SMILES string of the molecule is CN1CCN(C(C)(C)CCOC(C)(C)c2ccccc2)CC1. The highest BCUT2D eigenvalue weighted by molar-refractivity contribution is 5.20. The summed E-state index contributed by atoms with van der Waals surface area (Å²) in [5.74, 6) is 0. The summed E-state index contributed by atoms with van der Waals surface area (Å²) in [6, 6.07) is 10.5. The van der Waals surface area contributed by atoms with Crippen molar-refractivity contribution in [3.63, 3.8) is 0 Å². The van der Waals surface area contributed by atoms with Crippen molar-refractivity contribution in [1.29, 1.82) is 0 Å². The van der Waals surface area contributed by atoms with Crippen molar-refractivity contribution in [3.05, 3.63) is 35.9 Å². The Balaban J connectivity index is 1.84. The van der Waals surface area contributed by atoms with E-state index >= 15 is 0 Å². The van der Waals surface area contributed by atoms with Crippen LogP contribution in [-0.4, -0.2) is 55.2 Å². The first-order valence-electron chi connectivity index (χ1n) is 8.44. The maximum atomic E-state index is 6.23. The molecule has 22 heavy (non-hydrogen) atoms. The Morgan fingerprint density at radius 1 is 0.955 bits per heavy atom. The second-order valence-electron chi connectivity index (χ2n) is 7.58. The van der Waals surface area contributed by atoms with Gasteiger partial charge in [0, 0.05) is 38.3 Å². The molecule has 0 spiro atoms. The van der Waals surface area contributed by atoms with E-state index < -0.39 is 0 Å². The lowest BCUT2D eigenvalue weighted by atomic mass is 9.96. The van der Waals surface area contributed by atoms with Gasteiger partial charge in [-0.2, -0.15) is 0 Å². The van der Waals surface area contributed by atoms with Gasteiger partial charge >= 0.3 is 0 Å². The summed E-state index contributed by atoms with van der Waals surface area (Å²) in [6.45, 7) is 14.4. The molecule has 0 radical (unpaired) electrons. The van der Waals surface area contributed by atoms with Crippen LogP contribution in [0.2, 0.25) is 0 Å². The third-order valence-corrected chi connectivity index (χ3v) is 5.01. The Morgan fingerprint density at radius 3 is 2.14 bits per heavy atom. The molecule has 0 saturated carbocycles. The van der Waals surface area contributed by atoms with Crippen molar-refractivity contribution < 1.29 is 4.74 Å². The van der Waals surface area contributed by atoms with Crippen molar-refractivity contribution in [2.75, 3.05) is 39.8 Å². The van der Waals surface area contributed by atoms with Gasteiger partial charge in [-0.25, -0.2) is 0 Å². The lowest BCUT2D eigenvalue weighted by Crippen LogP contribution is -2.54. The van der Waals surface area contributed by atoms with E-state index in [0.29, 0.717) is 0 Å². The number of ether oxygens (including phenoxy) is 1. The average molecular weight is 304 g/mol. The smallest absolute Gasteiger partial charge is 0.0875 e. The summed E-state index contributed by atoms with van der Waals surface area (Å²) < 4.78 is 6.23. The van der Waals surface area contributed by atoms with E-state index in [1.165, 1.54) is 18.7 Å². The molecule has 3 heteroatoms. The van der Waals surface area contributed by atoms with Gasteiger partial charge in [0.05, 0.1) is 5.60 Å². The van der Waals surface area contributed by atoms with Gasteiger partial charge in [0.15, 0.2) is 0 Å². The zero-order chi connectivity index (χ0) is 16.2. The number of hydrogen-bond acceptors (Lipinski definition) is 3. The van der Waals surface area contributed by atoms with Gasteiger partial charge in [-0.05, 0) is 46.7 Å². The third-order valence-electron chi connectivity index (χ3n) is 5.01. The molecule has 0 aliphatic carbocycles. The van der Waals surface area contributed by atoms with Gasteiger partial charge < -0.3 is 9.64 Å². The van der Waals surface area contributed by atoms with Crippen LogP contribution in [0.1, 0.15) is 39.7 Å². The molecule has 0 bridgehead atoms. The number of benzene rings is 1. The van der Waals surface area contributed by atoms with Gasteiger partial charge in [0.1, 0.15) is 0 Å². The van der Waals surface area contributed by atoms with E-state index in [-0.39, 0.29) is 11.1 Å². The van der Waals surface area contributed by atoms with Crippen LogP contribution in [0.3, 0.4) is 0 Å². The molecule has 1 fully saturated rings. The highest BCUT2D eigenvalue weighted by Crippen LogP contribution is 2.27. The monoisotopic (exact) mass is 304 g/mol. The maximum absolute atomic E-state index is 6.23. The Morgan fingerprint density at radius 2 is 1.55 bits per heavy atom. The summed E-state index contributed by atoms with van der Waals surface area (Å²) in [7, 11) is 2.20. The van der Waals surface area contributed by atoms with Crippen molar-refractivity contribution in [1.82, 2.24) is 9.80 Å². The van der Waals surface area contributed by atoms with Crippen LogP contribution in [0.5, 0.6) is 0 Å². The molecule has 2 rings (SSSR count). The zero-order valence-corrected chi connectivity index (χ0v) is 14.9. The standard InChI is InChI=1S/C19H32N2O/c1-18(2,21-14-12-20(5)13-15-21)11-16-22-19(3,4)17-9-7-6-8-10-17/h6-10H,11-16H2,1-5H3. The fourth-order valence-corrected chi connectivity index (χ4v) is 3.05. The molecule has 0 aromatic heterocycles. The minimum Gasteiger partial charge on any atom is -0.371 e. The van der Waals surface area contributed by atoms with Crippen LogP contribution in [0.4, 0.5) is 0 Å². The summed E-state index contributed by atoms with van der Waals surface area (Å²) in [4.78, 5) is 5.01. The number of rotatable bonds is 6. The van der Waals surface area contributed by atoms with E-state index in [9.17, 15) is 0 Å². The van der Waals surface area contributed by atoms with Crippen LogP contribution < -0.4 is 0 Å². The predicted octanol–water partition coefficient (Wildman–Crippen LogP) is 3.35. The Bertz CT molecular complexity index is 448. The molecule has 1 heterocycles. The number of piperazine rings is 1. The van der Waals surface area contributed by atoms with Gasteiger partial charge in [0.2, 0.25) is 0 Å². The Kier molecular flexibility index (Phi) is 5.65. The van der Waals surface area contributed by atoms with Gasteiger partial charge in [-0.3, -0.25) is 4.90 Å². The molecule has 0 unspecified atom stereocenters. The fourth-order valence-electron chi connectivity index (χ4n) is 3.05. The second kappa shape index (κ2) is 7.12. The zero-order valence-electron chi connectivity index (χ0n) is 14.9. The van der Waals surface area contributed by atoms with Crippen LogP contribution >= 0.6 is 0 Å². The normalized spacial score (nSPS) is 18.6. The summed E-state index contributed by atoms with van der Waals surface area (Å²) in [6.07, 6.45) is 1.06. The first-order chi connectivity index (χ1) is 10.3. The van der Waals surface area contributed by atoms with E-state index in [1.807, 2.05) is 0 Å². The van der Waals surface area contributed by atoms with E-state index in [4.69, 9.17) is 4.74 Å². The minimum absolute atomic E-state index is 0.202. The van der Waals surface area contributed by atoms with Gasteiger partial charge in [-0.1, -0.05) is 30.3 Å². The lowest BCUT2D eigenvalue weighted by molar-refractivity contribution is -0.0441. The largest absolute Gasteiger partial charge is 0.371 e. The molecule has 0 N–H and O–H groups in total. The molecule has 3 nitrogen and oxygen atoms in total. The molecule has 1 saturated heterocycles. The molecule has 0 amide bonds. The highest BCUT2D eigenvalue weighted by Gasteiger charge is 2.30. The molecular weight excluding hydrogens is 272 g/mol. The maximum Gasteiger partial charge on any atom is 0.0875 e. The number of likely N-dealkylation sites (N-methyl/N-ethyl adjacent to an activating group) is 1. The Labute approximate surface area is 136 Å². The minimum atomic E-state index is -0.223. The molecule has 1 aliphatic heterocycles. The molecule has 1 aliphatic rings. The quantitative estimate of drug-likeness (QED) is 0.801. The summed E-state index contributed by atoms with van der Waals surface area (Å²) >= 11 is 0. The topological polar surface area (TPSA) is 15.7 Å². The molecule has 0 atom stereocenters. The Hall–Kier alpha value is -0.900. The predicted molar refractivity (Wildman–Crippen MR) is 93.2 cm³/mol. The summed E-state index contributed by atoms with van der Waals surface area (Å²) in [5, 5.41) is 0. The fraction of sp³-hybridized carbons (Fsp3) is 0.684. The first kappa shape index (κ1) is 17.5. The lowest BCUT2D eigenvalue weighted by Gasteiger charge is -2.43. The van der Waals surface area contributed by atoms with E-state index in [2.05, 4.69) is 74.9 Å². The molecular formula is C19H32N2O. The van der Waals surface area contributed by atoms with E-state index in [1.54, 1.807) is 0 Å². The van der Waals surface area contributed by atoms with E-state index in [0.717, 1.165) is 26.1 Å². The van der Waals surface area contributed by atoms with Crippen LogP contribution in [0, 0.1) is 0 Å². The highest BCUT2D eigenvalue weighted by atomic mass is 16.5. The van der Waals surface area contributed by atoms with Crippen molar-refractivity contribution in [2.24, 2.45) is 0 Å². The molecule has 124 valence electrons. The second-order valence-corrected chi connectivity index (χ2v) is 7.58. The number of hydrogen-bond donors (Lipinski definition) is 0. The van der Waals surface area contributed by atoms with Crippen molar-refractivity contribution in [2.45, 2.75) is 45.3 Å². The first-order valence-corrected chi connectivity index (χ1v) is 8.44.